The number of nitrogens with one attached hydrogen (secondary N) is 1. The van der Waals surface area contributed by atoms with Gasteiger partial charge in [0.1, 0.15) is 5.82 Å². The maximum Gasteiger partial charge on any atom is 0.221 e. The Morgan fingerprint density at radius 3 is 3.11 bits per heavy atom. The number of hydrogen-bond donors (Lipinski definition) is 3. The van der Waals surface area contributed by atoms with E-state index in [-0.39, 0.29) is 18.1 Å². The molecule has 1 aliphatic carbocycles. The second kappa shape index (κ2) is 5.40. The van der Waals surface area contributed by atoms with Gasteiger partial charge in [-0.25, -0.2) is 4.98 Å². The molecule has 1 aromatic rings. The summed E-state index contributed by atoms with van der Waals surface area (Å²) >= 11 is 3.40. The average Bonchev–Trinajstić information content (AvgIpc) is 2.34. The van der Waals surface area contributed by atoms with E-state index in [1.165, 1.54) is 6.42 Å². The lowest BCUT2D eigenvalue weighted by atomic mass is 9.77. The van der Waals surface area contributed by atoms with Crippen LogP contribution < -0.4 is 11.1 Å². The maximum atomic E-state index is 9.73. The predicted molar refractivity (Wildman–Crippen MR) is 75.2 cm³/mol. The molecule has 0 bridgehead atoms. The van der Waals surface area contributed by atoms with Gasteiger partial charge in [0.05, 0.1) is 16.6 Å². The molecule has 100 valence electrons. The molecule has 1 aliphatic rings. The molecule has 1 heterocycles. The van der Waals surface area contributed by atoms with Crippen LogP contribution in [-0.4, -0.2) is 27.2 Å². The number of rotatable bonds is 3. The van der Waals surface area contributed by atoms with Gasteiger partial charge in [-0.2, -0.15) is 4.98 Å². The van der Waals surface area contributed by atoms with Crippen LogP contribution in [0, 0.1) is 5.92 Å². The van der Waals surface area contributed by atoms with Gasteiger partial charge in [0.25, 0.3) is 0 Å². The van der Waals surface area contributed by atoms with Crippen LogP contribution >= 0.6 is 15.9 Å². The number of aliphatic hydroxyl groups is 1. The highest BCUT2D eigenvalue weighted by atomic mass is 79.9. The van der Waals surface area contributed by atoms with Crippen LogP contribution in [0.4, 0.5) is 11.8 Å². The van der Waals surface area contributed by atoms with Gasteiger partial charge in [-0.05, 0) is 34.7 Å². The molecule has 2 unspecified atom stereocenters. The molecule has 0 radical (unpaired) electrons. The molecule has 5 nitrogen and oxygen atoms in total. The van der Waals surface area contributed by atoms with Crippen molar-refractivity contribution in [3.8, 4) is 0 Å². The lowest BCUT2D eigenvalue weighted by molar-refractivity contribution is 0.149. The van der Waals surface area contributed by atoms with Gasteiger partial charge < -0.3 is 16.2 Å². The Morgan fingerprint density at radius 2 is 2.44 bits per heavy atom. The number of nitrogens with two attached hydrogens (primary N) is 1. The van der Waals surface area contributed by atoms with Crippen LogP contribution in [0.2, 0.25) is 0 Å². The van der Waals surface area contributed by atoms with Gasteiger partial charge in [-0.15, -0.1) is 0 Å². The number of anilines is 2. The molecule has 0 aromatic carbocycles. The SMILES string of the molecule is CC1CCCC(CO)(Nc2nc(N)ncc2Br)C1. The second-order valence-electron chi connectivity index (χ2n) is 5.19. The van der Waals surface area contributed by atoms with Gasteiger partial charge in [0.15, 0.2) is 0 Å². The summed E-state index contributed by atoms with van der Waals surface area (Å²) in [4.78, 5) is 8.10. The Balaban J connectivity index is 2.21. The van der Waals surface area contributed by atoms with Gasteiger partial charge in [0.2, 0.25) is 5.95 Å². The van der Waals surface area contributed by atoms with E-state index in [1.807, 2.05) is 0 Å². The van der Waals surface area contributed by atoms with Crippen molar-refractivity contribution in [1.29, 1.82) is 0 Å². The van der Waals surface area contributed by atoms with Gasteiger partial charge in [-0.1, -0.05) is 19.8 Å². The number of halogens is 1. The molecule has 0 amide bonds. The quantitative estimate of drug-likeness (QED) is 0.796. The molecular formula is C12H19BrN4O. The van der Waals surface area contributed by atoms with Crippen molar-refractivity contribution < 1.29 is 5.11 Å². The molecule has 1 fully saturated rings. The lowest BCUT2D eigenvalue weighted by Gasteiger charge is -2.40. The summed E-state index contributed by atoms with van der Waals surface area (Å²) in [5.41, 5.74) is 5.31. The van der Waals surface area contributed by atoms with Crippen molar-refractivity contribution in [1.82, 2.24) is 9.97 Å². The molecular weight excluding hydrogens is 296 g/mol. The third kappa shape index (κ3) is 2.92. The number of aromatic nitrogens is 2. The largest absolute Gasteiger partial charge is 0.394 e. The molecule has 1 saturated carbocycles. The zero-order chi connectivity index (χ0) is 13.2. The molecule has 2 rings (SSSR count). The smallest absolute Gasteiger partial charge is 0.221 e. The summed E-state index contributed by atoms with van der Waals surface area (Å²) in [6, 6.07) is 0. The number of aliphatic hydroxyl groups excluding tert-OH is 1. The van der Waals surface area contributed by atoms with Crippen LogP contribution in [0.1, 0.15) is 32.6 Å². The summed E-state index contributed by atoms with van der Waals surface area (Å²) in [6.07, 6.45) is 5.86. The zero-order valence-corrected chi connectivity index (χ0v) is 12.1. The van der Waals surface area contributed by atoms with Crippen molar-refractivity contribution in [3.63, 3.8) is 0 Å². The Bertz CT molecular complexity index is 429. The van der Waals surface area contributed by atoms with Crippen LogP contribution in [-0.2, 0) is 0 Å². The van der Waals surface area contributed by atoms with Gasteiger partial charge in [0, 0.05) is 6.20 Å². The average molecular weight is 315 g/mol. The topological polar surface area (TPSA) is 84.1 Å². The third-order valence-electron chi connectivity index (χ3n) is 3.54. The first-order chi connectivity index (χ1) is 8.54. The van der Waals surface area contributed by atoms with Gasteiger partial charge >= 0.3 is 0 Å². The molecule has 1 aromatic heterocycles. The number of hydrogen-bond acceptors (Lipinski definition) is 5. The van der Waals surface area contributed by atoms with Crippen LogP contribution in [0.3, 0.4) is 0 Å². The third-order valence-corrected chi connectivity index (χ3v) is 4.12. The van der Waals surface area contributed by atoms with E-state index in [2.05, 4.69) is 38.1 Å². The molecule has 4 N–H and O–H groups in total. The normalized spacial score (nSPS) is 28.1. The fourth-order valence-electron chi connectivity index (χ4n) is 2.68. The summed E-state index contributed by atoms with van der Waals surface area (Å²) in [7, 11) is 0. The van der Waals surface area contributed by atoms with E-state index in [4.69, 9.17) is 5.73 Å². The van der Waals surface area contributed by atoms with Crippen molar-refractivity contribution in [2.75, 3.05) is 17.7 Å². The minimum absolute atomic E-state index is 0.105. The highest BCUT2D eigenvalue weighted by molar-refractivity contribution is 9.10. The summed E-state index contributed by atoms with van der Waals surface area (Å²) in [6.45, 7) is 2.32. The number of nitrogen functional groups attached to an aromatic ring is 1. The predicted octanol–water partition coefficient (Wildman–Crippen LogP) is 2.17. The van der Waals surface area contributed by atoms with Crippen molar-refractivity contribution in [3.05, 3.63) is 10.7 Å². The van der Waals surface area contributed by atoms with Crippen LogP contribution in [0.5, 0.6) is 0 Å². The first-order valence-electron chi connectivity index (χ1n) is 6.22. The first kappa shape index (κ1) is 13.5. The Labute approximate surface area is 115 Å². The van der Waals surface area contributed by atoms with Crippen LogP contribution in [0.15, 0.2) is 10.7 Å². The standard InChI is InChI=1S/C12H19BrN4O/c1-8-3-2-4-12(5-8,7-18)17-10-9(13)6-15-11(14)16-10/h6,8,18H,2-5,7H2,1H3,(H3,14,15,16,17). The zero-order valence-electron chi connectivity index (χ0n) is 10.5. The Kier molecular flexibility index (Phi) is 4.07. The van der Waals surface area contributed by atoms with Crippen molar-refractivity contribution in [2.24, 2.45) is 5.92 Å². The monoisotopic (exact) mass is 314 g/mol. The minimum Gasteiger partial charge on any atom is -0.394 e. The van der Waals surface area contributed by atoms with E-state index < -0.39 is 0 Å². The summed E-state index contributed by atoms with van der Waals surface area (Å²) < 4.78 is 0.766. The molecule has 0 aliphatic heterocycles. The minimum atomic E-state index is -0.291. The highest BCUT2D eigenvalue weighted by Gasteiger charge is 2.35. The molecule has 0 spiro atoms. The van der Waals surface area contributed by atoms with Crippen LogP contribution in [0.25, 0.3) is 0 Å². The van der Waals surface area contributed by atoms with E-state index in [0.717, 1.165) is 23.7 Å². The summed E-state index contributed by atoms with van der Waals surface area (Å²) in [5.74, 6) is 1.50. The molecule has 6 heteroatoms. The van der Waals surface area contributed by atoms with E-state index in [1.54, 1.807) is 6.20 Å². The Morgan fingerprint density at radius 1 is 1.67 bits per heavy atom. The maximum absolute atomic E-state index is 9.73. The van der Waals surface area contributed by atoms with Crippen molar-refractivity contribution >= 4 is 27.7 Å². The van der Waals surface area contributed by atoms with Crippen molar-refractivity contribution in [2.45, 2.75) is 38.1 Å². The van der Waals surface area contributed by atoms with E-state index in [0.29, 0.717) is 11.7 Å². The fourth-order valence-corrected chi connectivity index (χ4v) is 2.97. The number of nitrogens with zero attached hydrogens (tertiary/aromatic N) is 2. The van der Waals surface area contributed by atoms with E-state index in [9.17, 15) is 5.11 Å². The van der Waals surface area contributed by atoms with E-state index >= 15 is 0 Å². The molecule has 2 atom stereocenters. The van der Waals surface area contributed by atoms with Gasteiger partial charge in [-0.3, -0.25) is 0 Å². The molecule has 18 heavy (non-hydrogen) atoms. The lowest BCUT2D eigenvalue weighted by Crippen LogP contribution is -2.46. The fraction of sp³-hybridized carbons (Fsp3) is 0.667. The highest BCUT2D eigenvalue weighted by Crippen LogP contribution is 2.35. The Hall–Kier alpha value is -0.880. The first-order valence-corrected chi connectivity index (χ1v) is 7.01. The molecule has 0 saturated heterocycles. The summed E-state index contributed by atoms with van der Waals surface area (Å²) in [5, 5.41) is 13.1. The second-order valence-corrected chi connectivity index (χ2v) is 6.04.